The zero-order chi connectivity index (χ0) is 18.7. The Morgan fingerprint density at radius 1 is 1.23 bits per heavy atom. The zero-order valence-corrected chi connectivity index (χ0v) is 16.3. The van der Waals surface area contributed by atoms with E-state index in [1.807, 2.05) is 12.1 Å². The largest absolute Gasteiger partial charge is 0.497 e. The zero-order valence-electron chi connectivity index (χ0n) is 15.5. The maximum Gasteiger partial charge on any atom is 0.239 e. The minimum absolute atomic E-state index is 0.0794. The molecule has 1 aliphatic heterocycles. The second-order valence-corrected chi connectivity index (χ2v) is 9.22. The van der Waals surface area contributed by atoms with Gasteiger partial charge in [0.1, 0.15) is 11.5 Å². The van der Waals surface area contributed by atoms with Crippen molar-refractivity contribution >= 4 is 15.9 Å². The van der Waals surface area contributed by atoms with Crippen molar-refractivity contribution in [1.82, 2.24) is 9.62 Å². The van der Waals surface area contributed by atoms with E-state index in [-0.39, 0.29) is 11.9 Å². The normalized spacial score (nSPS) is 21.3. The maximum atomic E-state index is 12.9. The Labute approximate surface area is 156 Å². The fourth-order valence-corrected chi connectivity index (χ4v) is 4.88. The van der Waals surface area contributed by atoms with Gasteiger partial charge in [0.05, 0.1) is 7.11 Å². The van der Waals surface area contributed by atoms with E-state index in [0.29, 0.717) is 12.5 Å². The number of methoxy groups -OCH3 is 1. The summed E-state index contributed by atoms with van der Waals surface area (Å²) in [4.78, 5) is 14.7. The van der Waals surface area contributed by atoms with Gasteiger partial charge in [0, 0.05) is 12.6 Å². The molecule has 1 aliphatic carbocycles. The molecule has 1 atom stereocenters. The third-order valence-corrected chi connectivity index (χ3v) is 6.97. The van der Waals surface area contributed by atoms with Gasteiger partial charge in [-0.3, -0.25) is 4.79 Å². The predicted molar refractivity (Wildman–Crippen MR) is 100 cm³/mol. The van der Waals surface area contributed by atoms with Crippen molar-refractivity contribution in [2.24, 2.45) is 5.92 Å². The van der Waals surface area contributed by atoms with Crippen LogP contribution in [0.3, 0.4) is 0 Å². The number of sulfonamides is 1. The molecule has 0 aromatic heterocycles. The van der Waals surface area contributed by atoms with Crippen LogP contribution in [0.25, 0.3) is 0 Å². The lowest BCUT2D eigenvalue weighted by molar-refractivity contribution is -0.133. The number of carbonyl (C=O) groups is 1. The van der Waals surface area contributed by atoms with Crippen molar-refractivity contribution in [3.05, 3.63) is 29.3 Å². The number of amides is 1. The summed E-state index contributed by atoms with van der Waals surface area (Å²) in [5.74, 6) is 0.394. The lowest BCUT2D eigenvalue weighted by atomic mass is 9.78. The van der Waals surface area contributed by atoms with E-state index in [2.05, 4.69) is 10.8 Å². The molecule has 1 aromatic carbocycles. The molecule has 1 heterocycles. The van der Waals surface area contributed by atoms with Crippen LogP contribution in [0.2, 0.25) is 0 Å². The van der Waals surface area contributed by atoms with Crippen LogP contribution in [0.5, 0.6) is 5.75 Å². The SMILES string of the molecule is CNS(=O)(=O)CC(=O)N1Cc2cc(OC)ccc2CC1C1CCCCC1. The first-order chi connectivity index (χ1) is 12.4. The van der Waals surface area contributed by atoms with E-state index in [4.69, 9.17) is 4.74 Å². The van der Waals surface area contributed by atoms with Crippen molar-refractivity contribution in [2.75, 3.05) is 19.9 Å². The summed E-state index contributed by atoms with van der Waals surface area (Å²) in [6.07, 6.45) is 6.63. The molecule has 1 unspecified atom stereocenters. The van der Waals surface area contributed by atoms with Gasteiger partial charge < -0.3 is 9.64 Å². The number of hydrogen-bond donors (Lipinski definition) is 1. The molecule has 1 fully saturated rings. The highest BCUT2D eigenvalue weighted by atomic mass is 32.2. The lowest BCUT2D eigenvalue weighted by Crippen LogP contribution is -2.51. The highest BCUT2D eigenvalue weighted by Crippen LogP contribution is 2.36. The Bertz CT molecular complexity index is 757. The molecule has 144 valence electrons. The van der Waals surface area contributed by atoms with Crippen LogP contribution in [0.15, 0.2) is 18.2 Å². The number of hydrogen-bond acceptors (Lipinski definition) is 4. The second kappa shape index (κ2) is 7.96. The fraction of sp³-hybridized carbons (Fsp3) is 0.632. The van der Waals surface area contributed by atoms with Crippen LogP contribution >= 0.6 is 0 Å². The molecule has 6 nitrogen and oxygen atoms in total. The molecule has 7 heteroatoms. The minimum Gasteiger partial charge on any atom is -0.497 e. The third-order valence-electron chi connectivity index (χ3n) is 5.72. The van der Waals surface area contributed by atoms with Gasteiger partial charge in [0.2, 0.25) is 15.9 Å². The molecule has 0 saturated heterocycles. The number of fused-ring (bicyclic) bond motifs is 1. The maximum absolute atomic E-state index is 12.9. The van der Waals surface area contributed by atoms with Crippen molar-refractivity contribution < 1.29 is 17.9 Å². The number of nitrogens with one attached hydrogen (secondary N) is 1. The first-order valence-electron chi connectivity index (χ1n) is 9.30. The number of nitrogens with zero attached hydrogens (tertiary/aromatic N) is 1. The first-order valence-corrected chi connectivity index (χ1v) is 10.9. The van der Waals surface area contributed by atoms with Crippen molar-refractivity contribution in [3.63, 3.8) is 0 Å². The Morgan fingerprint density at radius 3 is 2.62 bits per heavy atom. The van der Waals surface area contributed by atoms with Crippen LogP contribution in [0.4, 0.5) is 0 Å². The summed E-state index contributed by atoms with van der Waals surface area (Å²) in [5, 5.41) is 0. The van der Waals surface area contributed by atoms with E-state index < -0.39 is 15.8 Å². The average molecular weight is 381 g/mol. The standard InChI is InChI=1S/C19H28N2O4S/c1-20-26(23,24)13-19(22)21-12-16-10-17(25-2)9-8-15(16)11-18(21)14-6-4-3-5-7-14/h8-10,14,18,20H,3-7,11-13H2,1-2H3. The topological polar surface area (TPSA) is 75.7 Å². The van der Waals surface area contributed by atoms with Gasteiger partial charge in [-0.15, -0.1) is 0 Å². The van der Waals surface area contributed by atoms with E-state index in [1.54, 1.807) is 12.0 Å². The fourth-order valence-electron chi connectivity index (χ4n) is 4.24. The van der Waals surface area contributed by atoms with Crippen LogP contribution in [-0.4, -0.2) is 45.2 Å². The number of carbonyl (C=O) groups excluding carboxylic acids is 1. The monoisotopic (exact) mass is 380 g/mol. The molecule has 26 heavy (non-hydrogen) atoms. The molecule has 1 N–H and O–H groups in total. The Morgan fingerprint density at radius 2 is 1.96 bits per heavy atom. The van der Waals surface area contributed by atoms with Gasteiger partial charge in [0.25, 0.3) is 0 Å². The Balaban J connectivity index is 1.89. The van der Waals surface area contributed by atoms with Gasteiger partial charge in [-0.25, -0.2) is 13.1 Å². The molecule has 0 radical (unpaired) electrons. The summed E-state index contributed by atoms with van der Waals surface area (Å²) >= 11 is 0. The molecule has 1 amide bonds. The van der Waals surface area contributed by atoms with Gasteiger partial charge in [-0.2, -0.15) is 0 Å². The van der Waals surface area contributed by atoms with Gasteiger partial charge >= 0.3 is 0 Å². The third kappa shape index (κ3) is 4.20. The summed E-state index contributed by atoms with van der Waals surface area (Å²) < 4.78 is 31.4. The van der Waals surface area contributed by atoms with Crippen LogP contribution in [-0.2, 0) is 27.8 Å². The van der Waals surface area contributed by atoms with Crippen molar-refractivity contribution in [2.45, 2.75) is 51.1 Å². The number of rotatable bonds is 5. The summed E-state index contributed by atoms with van der Waals surface area (Å²) in [7, 11) is -0.611. The van der Waals surface area contributed by atoms with Gasteiger partial charge in [-0.05, 0) is 55.5 Å². The van der Waals surface area contributed by atoms with E-state index >= 15 is 0 Å². The van der Waals surface area contributed by atoms with Crippen LogP contribution in [0, 0.1) is 5.92 Å². The smallest absolute Gasteiger partial charge is 0.239 e. The summed E-state index contributed by atoms with van der Waals surface area (Å²) in [5.41, 5.74) is 2.29. The highest BCUT2D eigenvalue weighted by Gasteiger charge is 2.36. The molecular formula is C19H28N2O4S. The molecule has 1 saturated carbocycles. The quantitative estimate of drug-likeness (QED) is 0.849. The lowest BCUT2D eigenvalue weighted by Gasteiger charge is -2.42. The Kier molecular flexibility index (Phi) is 5.87. The van der Waals surface area contributed by atoms with Gasteiger partial charge in [0.15, 0.2) is 0 Å². The predicted octanol–water partition coefficient (Wildman–Crippen LogP) is 2.08. The molecule has 3 rings (SSSR count). The molecule has 1 aromatic rings. The van der Waals surface area contributed by atoms with E-state index in [0.717, 1.165) is 30.6 Å². The van der Waals surface area contributed by atoms with Crippen LogP contribution in [0.1, 0.15) is 43.2 Å². The van der Waals surface area contributed by atoms with Crippen molar-refractivity contribution in [3.8, 4) is 5.75 Å². The summed E-state index contributed by atoms with van der Waals surface area (Å²) in [6, 6.07) is 6.07. The minimum atomic E-state index is -3.58. The van der Waals surface area contributed by atoms with E-state index in [9.17, 15) is 13.2 Å². The molecule has 2 aliphatic rings. The second-order valence-electron chi connectivity index (χ2n) is 7.29. The number of benzene rings is 1. The highest BCUT2D eigenvalue weighted by molar-refractivity contribution is 7.90. The number of ether oxygens (including phenoxy) is 1. The van der Waals surface area contributed by atoms with Crippen molar-refractivity contribution in [1.29, 1.82) is 0 Å². The summed E-state index contributed by atoms with van der Waals surface area (Å²) in [6.45, 7) is 0.450. The molecular weight excluding hydrogens is 352 g/mol. The molecule has 0 spiro atoms. The van der Waals surface area contributed by atoms with Gasteiger partial charge in [-0.1, -0.05) is 25.3 Å². The van der Waals surface area contributed by atoms with E-state index in [1.165, 1.54) is 31.9 Å². The van der Waals surface area contributed by atoms with Crippen LogP contribution < -0.4 is 9.46 Å². The first kappa shape index (κ1) is 19.2. The Hall–Kier alpha value is -1.60. The average Bonchev–Trinajstić information content (AvgIpc) is 2.66. The molecule has 0 bridgehead atoms.